The van der Waals surface area contributed by atoms with Crippen LogP contribution in [0.3, 0.4) is 0 Å². The molecule has 2 N–H and O–H groups in total. The molecule has 0 atom stereocenters. The Hall–Kier alpha value is -3.28. The minimum Gasteiger partial charge on any atom is -0.350 e. The Kier molecular flexibility index (Phi) is 5.45. The topological polar surface area (TPSA) is 79.8 Å². The molecule has 2 heterocycles. The molecule has 0 aliphatic rings. The zero-order valence-electron chi connectivity index (χ0n) is 15.7. The Bertz CT molecular complexity index is 902. The van der Waals surface area contributed by atoms with Gasteiger partial charge >= 0.3 is 0 Å². The molecule has 1 amide bonds. The fourth-order valence-electron chi connectivity index (χ4n) is 2.50. The van der Waals surface area contributed by atoms with Crippen molar-refractivity contribution in [3.63, 3.8) is 0 Å². The van der Waals surface area contributed by atoms with Crippen LogP contribution in [0.5, 0.6) is 0 Å². The Balaban J connectivity index is 1.64. The van der Waals surface area contributed by atoms with Crippen molar-refractivity contribution in [2.24, 2.45) is 0 Å². The summed E-state index contributed by atoms with van der Waals surface area (Å²) >= 11 is 0. The van der Waals surface area contributed by atoms with Crippen molar-refractivity contribution in [2.45, 2.75) is 32.7 Å². The Morgan fingerprint density at radius 3 is 2.48 bits per heavy atom. The molecule has 0 radical (unpaired) electrons. The smallest absolute Gasteiger partial charge is 0.274 e. The van der Waals surface area contributed by atoms with Gasteiger partial charge in [0.1, 0.15) is 5.69 Å². The van der Waals surface area contributed by atoms with E-state index >= 15 is 0 Å². The number of nitrogens with one attached hydrogen (secondary N) is 2. The molecule has 6 nitrogen and oxygen atoms in total. The monoisotopic (exact) mass is 361 g/mol. The average molecular weight is 361 g/mol. The molecule has 0 aliphatic carbocycles. The van der Waals surface area contributed by atoms with E-state index in [1.165, 1.54) is 5.56 Å². The van der Waals surface area contributed by atoms with E-state index in [0.717, 1.165) is 11.3 Å². The predicted molar refractivity (Wildman–Crippen MR) is 107 cm³/mol. The molecule has 0 aliphatic heterocycles. The van der Waals surface area contributed by atoms with Gasteiger partial charge in [0.15, 0.2) is 0 Å². The minimum absolute atomic E-state index is 0.0735. The Morgan fingerprint density at radius 2 is 1.81 bits per heavy atom. The fraction of sp³-hybridized carbons (Fsp3) is 0.238. The van der Waals surface area contributed by atoms with Crippen LogP contribution < -0.4 is 10.6 Å². The lowest BCUT2D eigenvalue weighted by atomic mass is 9.87. The molecule has 138 valence electrons. The van der Waals surface area contributed by atoms with Crippen molar-refractivity contribution < 1.29 is 4.79 Å². The normalized spacial score (nSPS) is 11.1. The van der Waals surface area contributed by atoms with Crippen LogP contribution in [0.2, 0.25) is 0 Å². The van der Waals surface area contributed by atoms with Gasteiger partial charge in [-0.15, -0.1) is 0 Å². The molecule has 0 fully saturated rings. The third-order valence-electron chi connectivity index (χ3n) is 4.07. The number of anilines is 2. The second-order valence-corrected chi connectivity index (χ2v) is 7.26. The SMILES string of the molecule is CC(C)(C)c1ccc(NC(=O)c2ccnc(NCc3cccnc3)n2)cc1. The van der Waals surface area contributed by atoms with Crippen LogP contribution in [0.25, 0.3) is 0 Å². The number of benzene rings is 1. The number of carbonyl (C=O) groups is 1. The van der Waals surface area contributed by atoms with E-state index in [-0.39, 0.29) is 11.3 Å². The van der Waals surface area contributed by atoms with Crippen molar-refractivity contribution in [1.29, 1.82) is 0 Å². The summed E-state index contributed by atoms with van der Waals surface area (Å²) in [5.74, 6) is 0.125. The van der Waals surface area contributed by atoms with E-state index in [1.54, 1.807) is 24.7 Å². The van der Waals surface area contributed by atoms with Crippen LogP contribution in [-0.2, 0) is 12.0 Å². The van der Waals surface area contributed by atoms with E-state index in [1.807, 2.05) is 36.4 Å². The standard InChI is InChI=1S/C21H23N5O/c1-21(2,3)16-6-8-17(9-7-16)25-19(27)18-10-12-23-20(26-18)24-14-15-5-4-11-22-13-15/h4-13H,14H2,1-3H3,(H,25,27)(H,23,24,26). The maximum Gasteiger partial charge on any atom is 0.274 e. The quantitative estimate of drug-likeness (QED) is 0.717. The first-order valence-electron chi connectivity index (χ1n) is 8.79. The van der Waals surface area contributed by atoms with Gasteiger partial charge in [-0.05, 0) is 40.8 Å². The zero-order chi connectivity index (χ0) is 19.3. The highest BCUT2D eigenvalue weighted by molar-refractivity contribution is 6.02. The van der Waals surface area contributed by atoms with Crippen LogP contribution in [-0.4, -0.2) is 20.9 Å². The lowest BCUT2D eigenvalue weighted by molar-refractivity contribution is 0.102. The number of aromatic nitrogens is 3. The van der Waals surface area contributed by atoms with Crippen molar-refractivity contribution >= 4 is 17.5 Å². The van der Waals surface area contributed by atoms with Gasteiger partial charge in [-0.1, -0.05) is 39.0 Å². The molecule has 1 aromatic carbocycles. The number of rotatable bonds is 5. The number of pyridine rings is 1. The van der Waals surface area contributed by atoms with E-state index < -0.39 is 0 Å². The third kappa shape index (κ3) is 5.10. The van der Waals surface area contributed by atoms with Crippen molar-refractivity contribution in [2.75, 3.05) is 10.6 Å². The molecular weight excluding hydrogens is 338 g/mol. The highest BCUT2D eigenvalue weighted by Crippen LogP contribution is 2.23. The van der Waals surface area contributed by atoms with E-state index in [2.05, 4.69) is 46.4 Å². The van der Waals surface area contributed by atoms with Gasteiger partial charge in [0, 0.05) is 30.8 Å². The lowest BCUT2D eigenvalue weighted by Gasteiger charge is -2.19. The number of amides is 1. The number of nitrogens with zero attached hydrogens (tertiary/aromatic N) is 3. The molecule has 0 bridgehead atoms. The van der Waals surface area contributed by atoms with Crippen LogP contribution in [0.4, 0.5) is 11.6 Å². The van der Waals surface area contributed by atoms with Crippen LogP contribution in [0.15, 0.2) is 61.1 Å². The first kappa shape index (κ1) is 18.5. The average Bonchev–Trinajstić information content (AvgIpc) is 2.67. The lowest BCUT2D eigenvalue weighted by Crippen LogP contribution is -2.16. The summed E-state index contributed by atoms with van der Waals surface area (Å²) in [5.41, 5.74) is 3.33. The summed E-state index contributed by atoms with van der Waals surface area (Å²) in [4.78, 5) is 25.0. The summed E-state index contributed by atoms with van der Waals surface area (Å²) in [6.07, 6.45) is 5.06. The van der Waals surface area contributed by atoms with Crippen LogP contribution in [0, 0.1) is 0 Å². The summed E-state index contributed by atoms with van der Waals surface area (Å²) in [5, 5.41) is 5.97. The van der Waals surface area contributed by atoms with Gasteiger partial charge in [-0.25, -0.2) is 9.97 Å². The van der Waals surface area contributed by atoms with Gasteiger partial charge in [0.25, 0.3) is 5.91 Å². The van der Waals surface area contributed by atoms with Crippen molar-refractivity contribution in [1.82, 2.24) is 15.0 Å². The molecule has 2 aromatic heterocycles. The molecular formula is C21H23N5O. The van der Waals surface area contributed by atoms with Crippen molar-refractivity contribution in [3.05, 3.63) is 77.9 Å². The maximum absolute atomic E-state index is 12.5. The zero-order valence-corrected chi connectivity index (χ0v) is 15.7. The Labute approximate surface area is 159 Å². The first-order valence-corrected chi connectivity index (χ1v) is 8.79. The number of carbonyl (C=O) groups excluding carboxylic acids is 1. The van der Waals surface area contributed by atoms with E-state index in [4.69, 9.17) is 0 Å². The largest absolute Gasteiger partial charge is 0.350 e. The Morgan fingerprint density at radius 1 is 1.04 bits per heavy atom. The minimum atomic E-state index is -0.273. The summed E-state index contributed by atoms with van der Waals surface area (Å²) < 4.78 is 0. The summed E-state index contributed by atoms with van der Waals surface area (Å²) in [7, 11) is 0. The summed E-state index contributed by atoms with van der Waals surface area (Å²) in [6.45, 7) is 7.00. The molecule has 0 saturated carbocycles. The highest BCUT2D eigenvalue weighted by Gasteiger charge is 2.14. The van der Waals surface area contributed by atoms with Gasteiger partial charge in [-0.3, -0.25) is 9.78 Å². The van der Waals surface area contributed by atoms with E-state index in [9.17, 15) is 4.79 Å². The van der Waals surface area contributed by atoms with Crippen molar-refractivity contribution in [3.8, 4) is 0 Å². The second kappa shape index (κ2) is 7.95. The molecule has 27 heavy (non-hydrogen) atoms. The molecule has 3 rings (SSSR count). The predicted octanol–water partition coefficient (Wildman–Crippen LogP) is 4.03. The fourth-order valence-corrected chi connectivity index (χ4v) is 2.50. The molecule has 0 spiro atoms. The highest BCUT2D eigenvalue weighted by atomic mass is 16.1. The molecule has 3 aromatic rings. The number of hydrogen-bond acceptors (Lipinski definition) is 5. The van der Waals surface area contributed by atoms with Crippen LogP contribution >= 0.6 is 0 Å². The van der Waals surface area contributed by atoms with Gasteiger partial charge in [0.2, 0.25) is 5.95 Å². The van der Waals surface area contributed by atoms with Gasteiger partial charge in [0.05, 0.1) is 0 Å². The first-order chi connectivity index (χ1) is 12.9. The number of hydrogen-bond donors (Lipinski definition) is 2. The van der Waals surface area contributed by atoms with Gasteiger partial charge < -0.3 is 10.6 Å². The molecule has 0 saturated heterocycles. The van der Waals surface area contributed by atoms with Gasteiger partial charge in [-0.2, -0.15) is 0 Å². The van der Waals surface area contributed by atoms with E-state index in [0.29, 0.717) is 18.2 Å². The molecule has 0 unspecified atom stereocenters. The second-order valence-electron chi connectivity index (χ2n) is 7.26. The van der Waals surface area contributed by atoms with Crippen LogP contribution in [0.1, 0.15) is 42.4 Å². The maximum atomic E-state index is 12.5. The summed E-state index contributed by atoms with van der Waals surface area (Å²) in [6, 6.07) is 13.3. The molecule has 6 heteroatoms. The third-order valence-corrected chi connectivity index (χ3v) is 4.07.